The second-order valence-corrected chi connectivity index (χ2v) is 6.21. The number of hydrogen-bond donors (Lipinski definition) is 0. The largest absolute Gasteiger partial charge is 0.458 e. The van der Waals surface area contributed by atoms with Gasteiger partial charge < -0.3 is 14.2 Å². The Labute approximate surface area is 104 Å². The van der Waals surface area contributed by atoms with Crippen LogP contribution in [0.15, 0.2) is 0 Å². The maximum atomic E-state index is 11.1. The third-order valence-corrected chi connectivity index (χ3v) is 4.23. The summed E-state index contributed by atoms with van der Waals surface area (Å²) in [6.45, 7) is 11.6. The third-order valence-electron chi connectivity index (χ3n) is 4.23. The van der Waals surface area contributed by atoms with Gasteiger partial charge in [-0.15, -0.1) is 0 Å². The van der Waals surface area contributed by atoms with E-state index in [1.54, 1.807) is 6.92 Å². The molecule has 2 heterocycles. The van der Waals surface area contributed by atoms with E-state index in [1.165, 1.54) is 0 Å². The fraction of sp³-hybridized carbons (Fsp3) is 0.917. The number of rotatable bonds is 2. The summed E-state index contributed by atoms with van der Waals surface area (Å²) in [4.78, 5) is 12.9. The van der Waals surface area contributed by atoms with Crippen LogP contribution in [0.1, 0.15) is 34.6 Å². The summed E-state index contributed by atoms with van der Waals surface area (Å²) in [6.07, 6.45) is 0.886. The normalized spacial score (nSPS) is 27.1. The molecule has 0 aromatic carbocycles. The molecule has 0 saturated carbocycles. The molecule has 0 aliphatic carbocycles. The lowest BCUT2D eigenvalue weighted by atomic mass is 9.74. The summed E-state index contributed by atoms with van der Waals surface area (Å²) in [7, 11) is -0.126. The molecule has 0 aromatic rings. The zero-order chi connectivity index (χ0) is 12.8. The lowest BCUT2D eigenvalue weighted by molar-refractivity contribution is -0.134. The minimum atomic E-state index is -0.248. The summed E-state index contributed by atoms with van der Waals surface area (Å²) in [5, 5.41) is 0. The van der Waals surface area contributed by atoms with Crippen molar-refractivity contribution in [2.75, 3.05) is 13.1 Å². The standard InChI is InChI=1S/C12H22BNO3/c1-9(15)14-7-10(8-14)6-13-16-11(2,3)12(4,5)17-13/h10H,6-8H2,1-5H3. The van der Waals surface area contributed by atoms with Crippen LogP contribution in [0.2, 0.25) is 6.32 Å². The molecule has 2 fully saturated rings. The molecular weight excluding hydrogens is 217 g/mol. The van der Waals surface area contributed by atoms with Crippen LogP contribution < -0.4 is 0 Å². The van der Waals surface area contributed by atoms with Gasteiger partial charge >= 0.3 is 7.12 Å². The average molecular weight is 239 g/mol. The fourth-order valence-electron chi connectivity index (χ4n) is 2.31. The van der Waals surface area contributed by atoms with Crippen molar-refractivity contribution in [3.8, 4) is 0 Å². The predicted molar refractivity (Wildman–Crippen MR) is 66.6 cm³/mol. The summed E-state index contributed by atoms with van der Waals surface area (Å²) in [6, 6.07) is 0. The van der Waals surface area contributed by atoms with Crippen LogP contribution in [0, 0.1) is 5.92 Å². The van der Waals surface area contributed by atoms with Crippen LogP contribution in [0.4, 0.5) is 0 Å². The number of hydrogen-bond acceptors (Lipinski definition) is 3. The molecule has 0 unspecified atom stereocenters. The third kappa shape index (κ3) is 2.36. The average Bonchev–Trinajstić information content (AvgIpc) is 2.26. The van der Waals surface area contributed by atoms with Crippen LogP contribution in [0.3, 0.4) is 0 Å². The zero-order valence-electron chi connectivity index (χ0n) is 11.4. The second-order valence-electron chi connectivity index (χ2n) is 6.21. The quantitative estimate of drug-likeness (QED) is 0.686. The lowest BCUT2D eigenvalue weighted by Gasteiger charge is -2.39. The molecule has 5 heteroatoms. The van der Waals surface area contributed by atoms with E-state index in [-0.39, 0.29) is 24.2 Å². The van der Waals surface area contributed by atoms with Gasteiger partial charge in [-0.25, -0.2) is 0 Å². The van der Waals surface area contributed by atoms with E-state index in [4.69, 9.17) is 9.31 Å². The van der Waals surface area contributed by atoms with Crippen molar-refractivity contribution in [2.45, 2.75) is 52.1 Å². The van der Waals surface area contributed by atoms with Crippen molar-refractivity contribution in [2.24, 2.45) is 5.92 Å². The Morgan fingerprint density at radius 2 is 1.71 bits per heavy atom. The smallest absolute Gasteiger partial charge is 0.403 e. The Bertz CT molecular complexity index is 308. The minimum Gasteiger partial charge on any atom is -0.403 e. The van der Waals surface area contributed by atoms with Crippen LogP contribution >= 0.6 is 0 Å². The van der Waals surface area contributed by atoms with Gasteiger partial charge in [-0.3, -0.25) is 4.79 Å². The Balaban J connectivity index is 1.82. The molecule has 2 aliphatic heterocycles. The van der Waals surface area contributed by atoms with E-state index < -0.39 is 0 Å². The number of carbonyl (C=O) groups excluding carboxylic acids is 1. The van der Waals surface area contributed by atoms with E-state index in [0.29, 0.717) is 5.92 Å². The molecule has 0 N–H and O–H groups in total. The van der Waals surface area contributed by atoms with Crippen LogP contribution in [-0.2, 0) is 14.1 Å². The maximum absolute atomic E-state index is 11.1. The molecule has 4 nitrogen and oxygen atoms in total. The fourth-order valence-corrected chi connectivity index (χ4v) is 2.31. The monoisotopic (exact) mass is 239 g/mol. The van der Waals surface area contributed by atoms with Gasteiger partial charge in [0, 0.05) is 20.0 Å². The first-order chi connectivity index (χ1) is 7.71. The second kappa shape index (κ2) is 3.99. The van der Waals surface area contributed by atoms with Crippen molar-refractivity contribution in [3.05, 3.63) is 0 Å². The predicted octanol–water partition coefficient (Wildman–Crippen LogP) is 1.56. The minimum absolute atomic E-state index is 0.126. The van der Waals surface area contributed by atoms with Crippen molar-refractivity contribution >= 4 is 13.0 Å². The van der Waals surface area contributed by atoms with Crippen LogP contribution in [-0.4, -0.2) is 42.2 Å². The molecular formula is C12H22BNO3. The highest BCUT2D eigenvalue weighted by Gasteiger charge is 2.52. The molecule has 0 bridgehead atoms. The number of carbonyl (C=O) groups is 1. The lowest BCUT2D eigenvalue weighted by Crippen LogP contribution is -2.50. The molecule has 17 heavy (non-hydrogen) atoms. The van der Waals surface area contributed by atoms with Gasteiger partial charge in [-0.1, -0.05) is 0 Å². The summed E-state index contributed by atoms with van der Waals surface area (Å²) in [5.74, 6) is 0.684. The number of amides is 1. The molecule has 2 saturated heterocycles. The highest BCUT2D eigenvalue weighted by atomic mass is 16.7. The molecule has 0 spiro atoms. The van der Waals surface area contributed by atoms with Gasteiger partial charge in [0.2, 0.25) is 5.91 Å². The first kappa shape index (κ1) is 12.9. The van der Waals surface area contributed by atoms with E-state index in [2.05, 4.69) is 27.7 Å². The highest BCUT2D eigenvalue weighted by Crippen LogP contribution is 2.39. The summed E-state index contributed by atoms with van der Waals surface area (Å²) < 4.78 is 11.9. The topological polar surface area (TPSA) is 38.8 Å². The first-order valence-electron chi connectivity index (χ1n) is 6.32. The van der Waals surface area contributed by atoms with Crippen molar-refractivity contribution < 1.29 is 14.1 Å². The Kier molecular flexibility index (Phi) is 3.03. The maximum Gasteiger partial charge on any atom is 0.458 e. The summed E-state index contributed by atoms with van der Waals surface area (Å²) >= 11 is 0. The first-order valence-corrected chi connectivity index (χ1v) is 6.32. The van der Waals surface area contributed by atoms with Gasteiger partial charge in [0.25, 0.3) is 0 Å². The van der Waals surface area contributed by atoms with Crippen molar-refractivity contribution in [1.82, 2.24) is 4.90 Å². The molecule has 0 radical (unpaired) electrons. The van der Waals surface area contributed by atoms with Gasteiger partial charge in [0.1, 0.15) is 0 Å². The Hall–Kier alpha value is -0.545. The van der Waals surface area contributed by atoms with Gasteiger partial charge in [-0.2, -0.15) is 0 Å². The molecule has 2 rings (SSSR count). The summed E-state index contributed by atoms with van der Waals surface area (Å²) in [5.41, 5.74) is -0.497. The zero-order valence-corrected chi connectivity index (χ0v) is 11.4. The van der Waals surface area contributed by atoms with Gasteiger partial charge in [0.05, 0.1) is 11.2 Å². The van der Waals surface area contributed by atoms with E-state index in [0.717, 1.165) is 19.4 Å². The van der Waals surface area contributed by atoms with Crippen molar-refractivity contribution in [3.63, 3.8) is 0 Å². The van der Waals surface area contributed by atoms with E-state index in [1.807, 2.05) is 4.90 Å². The van der Waals surface area contributed by atoms with Crippen LogP contribution in [0.5, 0.6) is 0 Å². The molecule has 1 amide bonds. The highest BCUT2D eigenvalue weighted by molar-refractivity contribution is 6.45. The van der Waals surface area contributed by atoms with Gasteiger partial charge in [-0.05, 0) is 39.9 Å². The SMILES string of the molecule is CC(=O)N1CC(CB2OC(C)(C)C(C)(C)O2)C1. The molecule has 96 valence electrons. The van der Waals surface area contributed by atoms with E-state index >= 15 is 0 Å². The van der Waals surface area contributed by atoms with Crippen LogP contribution in [0.25, 0.3) is 0 Å². The molecule has 2 aliphatic rings. The Morgan fingerprint density at radius 3 is 2.12 bits per heavy atom. The Morgan fingerprint density at radius 1 is 1.24 bits per heavy atom. The van der Waals surface area contributed by atoms with E-state index in [9.17, 15) is 4.79 Å². The molecule has 0 aromatic heterocycles. The number of likely N-dealkylation sites (tertiary alicyclic amines) is 1. The van der Waals surface area contributed by atoms with Gasteiger partial charge in [0.15, 0.2) is 0 Å². The number of nitrogens with zero attached hydrogens (tertiary/aromatic N) is 1. The molecule has 0 atom stereocenters. The van der Waals surface area contributed by atoms with Crippen molar-refractivity contribution in [1.29, 1.82) is 0 Å².